The van der Waals surface area contributed by atoms with Crippen LogP contribution in [0.1, 0.15) is 52.1 Å². The summed E-state index contributed by atoms with van der Waals surface area (Å²) in [6.45, 7) is 1.42. The van der Waals surface area contributed by atoms with Crippen molar-refractivity contribution in [3.63, 3.8) is 0 Å². The quantitative estimate of drug-likeness (QED) is 0.151. The van der Waals surface area contributed by atoms with Crippen LogP contribution in [0.5, 0.6) is 0 Å². The number of benzene rings is 2. The first-order valence-corrected chi connectivity index (χ1v) is 18.8. The Labute approximate surface area is 297 Å². The Kier molecular flexibility index (Phi) is 9.00. The minimum atomic E-state index is -3.75. The highest BCUT2D eigenvalue weighted by atomic mass is 35.5. The van der Waals surface area contributed by atoms with Crippen LogP contribution >= 0.6 is 22.9 Å². The summed E-state index contributed by atoms with van der Waals surface area (Å²) in [5.74, 6) is -2.24. The first kappa shape index (κ1) is 34.8. The van der Waals surface area contributed by atoms with Crippen LogP contribution in [0.15, 0.2) is 36.4 Å². The molecule has 0 spiro atoms. The Hall–Kier alpha value is -4.61. The lowest BCUT2D eigenvalue weighted by Crippen LogP contribution is -2.34. The normalized spacial score (nSPS) is 13.7. The molecule has 0 unspecified atom stereocenters. The molecule has 18 heteroatoms. The third-order valence-electron chi connectivity index (χ3n) is 8.59. The number of pyridine rings is 1. The van der Waals surface area contributed by atoms with Gasteiger partial charge in [0.2, 0.25) is 15.9 Å². The lowest BCUT2D eigenvalue weighted by atomic mass is 9.94. The molecule has 11 nitrogen and oxygen atoms in total. The van der Waals surface area contributed by atoms with Crippen molar-refractivity contribution in [3.05, 3.63) is 86.3 Å². The molecule has 0 fully saturated rings. The number of amides is 1. The summed E-state index contributed by atoms with van der Waals surface area (Å²) >= 11 is 7.99. The number of hydrogen-bond donors (Lipinski definition) is 2. The van der Waals surface area contributed by atoms with Gasteiger partial charge in [-0.3, -0.25) is 18.9 Å². The van der Waals surface area contributed by atoms with Crippen molar-refractivity contribution in [2.24, 2.45) is 7.05 Å². The zero-order valence-corrected chi connectivity index (χ0v) is 29.7. The molecule has 51 heavy (non-hydrogen) atoms. The van der Waals surface area contributed by atoms with Gasteiger partial charge in [-0.15, -0.1) is 11.3 Å². The molecule has 266 valence electrons. The van der Waals surface area contributed by atoms with Crippen molar-refractivity contribution in [1.82, 2.24) is 34.8 Å². The van der Waals surface area contributed by atoms with E-state index in [0.29, 0.717) is 67.9 Å². The van der Waals surface area contributed by atoms with Crippen LogP contribution in [-0.2, 0) is 47.7 Å². The van der Waals surface area contributed by atoms with Gasteiger partial charge in [0, 0.05) is 35.5 Å². The van der Waals surface area contributed by atoms with E-state index in [2.05, 4.69) is 25.2 Å². The molecule has 7 rings (SSSR count). The van der Waals surface area contributed by atoms with E-state index < -0.39 is 40.0 Å². The number of halogens is 5. The minimum Gasteiger partial charge on any atom is -0.346 e. The van der Waals surface area contributed by atoms with E-state index >= 15 is 0 Å². The molecular formula is C33H29ClF4N8O3S2. The van der Waals surface area contributed by atoms with E-state index in [4.69, 9.17) is 16.6 Å². The van der Waals surface area contributed by atoms with Gasteiger partial charge in [0.1, 0.15) is 23.9 Å². The first-order valence-electron chi connectivity index (χ1n) is 15.7. The average molecular weight is 761 g/mol. The maximum Gasteiger partial charge on any atom is 0.282 e. The molecule has 6 aromatic rings. The maximum atomic E-state index is 14.5. The molecule has 1 aliphatic carbocycles. The van der Waals surface area contributed by atoms with Crippen LogP contribution in [0.4, 0.5) is 23.4 Å². The fourth-order valence-electron chi connectivity index (χ4n) is 6.71. The molecule has 0 radical (unpaired) electrons. The zero-order chi connectivity index (χ0) is 36.4. The minimum absolute atomic E-state index is 0.00100. The van der Waals surface area contributed by atoms with Crippen LogP contribution in [0, 0.1) is 18.6 Å². The van der Waals surface area contributed by atoms with Crippen molar-refractivity contribution >= 4 is 65.9 Å². The first-order chi connectivity index (χ1) is 24.1. The van der Waals surface area contributed by atoms with Crippen molar-refractivity contribution in [2.45, 2.75) is 51.6 Å². The zero-order valence-electron chi connectivity index (χ0n) is 27.3. The van der Waals surface area contributed by atoms with Gasteiger partial charge in [-0.05, 0) is 62.4 Å². The fraction of sp³-hybridized carbons (Fsp3) is 0.303. The molecule has 0 aliphatic heterocycles. The van der Waals surface area contributed by atoms with Gasteiger partial charge in [-0.25, -0.2) is 35.9 Å². The number of fused-ring (bicyclic) bond motifs is 3. The summed E-state index contributed by atoms with van der Waals surface area (Å²) in [5, 5.41) is 12.6. The predicted molar refractivity (Wildman–Crippen MR) is 185 cm³/mol. The maximum absolute atomic E-state index is 14.5. The molecular weight excluding hydrogens is 732 g/mol. The molecule has 0 saturated carbocycles. The summed E-state index contributed by atoms with van der Waals surface area (Å²) in [6.07, 6.45) is -0.344. The SMILES string of the molecule is Cc1nc2nc([C@@H](Cc3cc(F)cc(F)c3)NC(=O)Cn3nc(C(F)F)c4c3CCC4)c(-c3ccc(Cl)c4c(NS(C)(=O)=O)nn(C)c34)cc2s1. The van der Waals surface area contributed by atoms with Crippen molar-refractivity contribution < 1.29 is 30.8 Å². The van der Waals surface area contributed by atoms with Gasteiger partial charge in [-0.2, -0.15) is 10.2 Å². The Morgan fingerprint density at radius 1 is 1.04 bits per heavy atom. The van der Waals surface area contributed by atoms with Gasteiger partial charge in [0.05, 0.1) is 43.6 Å². The lowest BCUT2D eigenvalue weighted by Gasteiger charge is -2.22. The Morgan fingerprint density at radius 2 is 1.78 bits per heavy atom. The summed E-state index contributed by atoms with van der Waals surface area (Å²) in [5.41, 5.74) is 2.94. The smallest absolute Gasteiger partial charge is 0.282 e. The number of thiazole rings is 1. The number of nitrogens with zero attached hydrogens (tertiary/aromatic N) is 6. The summed E-state index contributed by atoms with van der Waals surface area (Å²) in [7, 11) is -2.13. The average Bonchev–Trinajstić information content (AvgIpc) is 3.79. The number of aromatic nitrogens is 6. The Bertz CT molecular complexity index is 2460. The van der Waals surface area contributed by atoms with Gasteiger partial charge in [0.15, 0.2) is 11.5 Å². The highest BCUT2D eigenvalue weighted by Crippen LogP contribution is 2.41. The molecule has 4 heterocycles. The van der Waals surface area contributed by atoms with Gasteiger partial charge in [-0.1, -0.05) is 17.7 Å². The topological polar surface area (TPSA) is 137 Å². The number of alkyl halides is 2. The molecule has 0 saturated heterocycles. The summed E-state index contributed by atoms with van der Waals surface area (Å²) in [4.78, 5) is 23.2. The largest absolute Gasteiger partial charge is 0.346 e. The lowest BCUT2D eigenvalue weighted by molar-refractivity contribution is -0.122. The van der Waals surface area contributed by atoms with E-state index in [1.165, 1.54) is 20.7 Å². The number of carbonyl (C=O) groups excluding carboxylic acids is 1. The number of anilines is 1. The van der Waals surface area contributed by atoms with Crippen molar-refractivity contribution in [2.75, 3.05) is 11.0 Å². The number of nitrogens with one attached hydrogen (secondary N) is 2. The number of hydrogen-bond acceptors (Lipinski definition) is 8. The Morgan fingerprint density at radius 3 is 2.49 bits per heavy atom. The summed E-state index contributed by atoms with van der Waals surface area (Å²) in [6, 6.07) is 7.10. The second kappa shape index (κ2) is 13.2. The van der Waals surface area contributed by atoms with Crippen LogP contribution in [0.2, 0.25) is 5.02 Å². The molecule has 2 aromatic carbocycles. The number of rotatable bonds is 10. The van der Waals surface area contributed by atoms with E-state index in [1.807, 2.05) is 6.07 Å². The molecule has 1 aliphatic rings. The van der Waals surface area contributed by atoms with Crippen LogP contribution in [0.3, 0.4) is 0 Å². The highest BCUT2D eigenvalue weighted by molar-refractivity contribution is 7.92. The number of carbonyl (C=O) groups is 1. The summed E-state index contributed by atoms with van der Waals surface area (Å²) < 4.78 is 86.8. The highest BCUT2D eigenvalue weighted by Gasteiger charge is 2.30. The van der Waals surface area contributed by atoms with Gasteiger partial charge < -0.3 is 5.32 Å². The molecule has 1 amide bonds. The standard InChI is InChI=1S/C33H29ClF4N8O3S2/c1-15-39-32-25(50-15)13-21(19-7-8-22(34)27-30(19)45(2)43-33(27)44-51(3,48)49)28(41-32)23(11-16-9-17(35)12-18(36)10-16)40-26(47)14-46-24-6-4-5-20(24)29(42-46)31(37)38/h7-10,12-13,23,31H,4-6,11,14H2,1-3H3,(H,40,47)(H,43,44)/t23-/m1/s1. The van der Waals surface area contributed by atoms with E-state index in [9.17, 15) is 30.8 Å². The third kappa shape index (κ3) is 6.89. The van der Waals surface area contributed by atoms with E-state index in [1.54, 1.807) is 26.1 Å². The van der Waals surface area contributed by atoms with Gasteiger partial charge in [0.25, 0.3) is 6.43 Å². The second-order valence-corrected chi connectivity index (χ2v) is 15.8. The number of aryl methyl sites for hydroxylation is 2. The molecule has 1 atom stereocenters. The van der Waals surface area contributed by atoms with Crippen molar-refractivity contribution in [1.29, 1.82) is 0 Å². The number of sulfonamides is 1. The monoisotopic (exact) mass is 760 g/mol. The van der Waals surface area contributed by atoms with Crippen LogP contribution < -0.4 is 10.0 Å². The van der Waals surface area contributed by atoms with E-state index in [0.717, 1.165) is 24.5 Å². The Balaban J connectivity index is 1.39. The van der Waals surface area contributed by atoms with Crippen LogP contribution in [-0.4, -0.2) is 50.1 Å². The van der Waals surface area contributed by atoms with Crippen molar-refractivity contribution in [3.8, 4) is 11.1 Å². The van der Waals surface area contributed by atoms with Gasteiger partial charge >= 0.3 is 0 Å². The third-order valence-corrected chi connectivity index (χ3v) is 10.4. The van der Waals surface area contributed by atoms with E-state index in [-0.39, 0.29) is 40.8 Å². The predicted octanol–water partition coefficient (Wildman–Crippen LogP) is 6.58. The molecule has 0 bridgehead atoms. The molecule has 2 N–H and O–H groups in total. The fourth-order valence-corrected chi connectivity index (χ4v) is 8.26. The van der Waals surface area contributed by atoms with Crippen LogP contribution in [0.25, 0.3) is 32.4 Å². The molecule has 4 aromatic heterocycles. The second-order valence-electron chi connectivity index (χ2n) is 12.4.